The second-order valence-electron chi connectivity index (χ2n) is 7.61. The van der Waals surface area contributed by atoms with E-state index in [9.17, 15) is 18.0 Å². The summed E-state index contributed by atoms with van der Waals surface area (Å²) in [5.41, 5.74) is -0.439. The molecule has 1 heterocycles. The fourth-order valence-corrected chi connectivity index (χ4v) is 4.19. The fraction of sp³-hybridized carbons (Fsp3) is 0.556. The molecule has 2 rings (SSSR count). The molecule has 0 bridgehead atoms. The predicted octanol–water partition coefficient (Wildman–Crippen LogP) is 0.626. The zero-order valence-electron chi connectivity index (χ0n) is 16.7. The second kappa shape index (κ2) is 8.89. The van der Waals surface area contributed by atoms with Gasteiger partial charge in [0.05, 0.1) is 18.6 Å². The normalized spacial score (nSPS) is 16.4. The van der Waals surface area contributed by atoms with E-state index in [-0.39, 0.29) is 24.5 Å². The number of rotatable bonds is 5. The number of methoxy groups -OCH3 is 1. The summed E-state index contributed by atoms with van der Waals surface area (Å²) in [7, 11) is -2.07. The van der Waals surface area contributed by atoms with Gasteiger partial charge in [-0.1, -0.05) is 0 Å². The van der Waals surface area contributed by atoms with Crippen molar-refractivity contribution in [3.05, 3.63) is 24.3 Å². The SMILES string of the molecule is COc1ccc(S(=O)(=O)N2CCN(CC(=O)NC(=O)NC(C)(C)C)CC2)cc1. The van der Waals surface area contributed by atoms with E-state index >= 15 is 0 Å². The molecule has 0 unspecified atom stereocenters. The third-order valence-electron chi connectivity index (χ3n) is 4.14. The van der Waals surface area contributed by atoms with Gasteiger partial charge in [0.25, 0.3) is 0 Å². The van der Waals surface area contributed by atoms with Gasteiger partial charge in [0, 0.05) is 31.7 Å². The molecule has 156 valence electrons. The van der Waals surface area contributed by atoms with Gasteiger partial charge in [-0.05, 0) is 45.0 Å². The Hall–Kier alpha value is -2.17. The van der Waals surface area contributed by atoms with Gasteiger partial charge in [-0.15, -0.1) is 0 Å². The highest BCUT2D eigenvalue weighted by Gasteiger charge is 2.29. The molecule has 1 aromatic carbocycles. The van der Waals surface area contributed by atoms with Gasteiger partial charge in [0.15, 0.2) is 0 Å². The number of nitrogens with one attached hydrogen (secondary N) is 2. The summed E-state index contributed by atoms with van der Waals surface area (Å²) in [5.74, 6) is 0.165. The summed E-state index contributed by atoms with van der Waals surface area (Å²) in [6.45, 7) is 6.85. The maximum atomic E-state index is 12.7. The van der Waals surface area contributed by atoms with E-state index in [0.717, 1.165) is 0 Å². The topological polar surface area (TPSA) is 108 Å². The molecule has 0 radical (unpaired) electrons. The summed E-state index contributed by atoms with van der Waals surface area (Å²) < 4.78 is 31.9. The lowest BCUT2D eigenvalue weighted by Crippen LogP contribution is -2.53. The number of piperazine rings is 1. The summed E-state index contributed by atoms with van der Waals surface area (Å²) in [5, 5.41) is 4.94. The van der Waals surface area contributed by atoms with Crippen LogP contribution >= 0.6 is 0 Å². The first-order chi connectivity index (χ1) is 13.0. The first-order valence-corrected chi connectivity index (χ1v) is 10.4. The van der Waals surface area contributed by atoms with Crippen molar-refractivity contribution in [1.29, 1.82) is 0 Å². The number of carbonyl (C=O) groups is 2. The minimum Gasteiger partial charge on any atom is -0.497 e. The predicted molar refractivity (Wildman–Crippen MR) is 105 cm³/mol. The zero-order valence-corrected chi connectivity index (χ0v) is 17.5. The van der Waals surface area contributed by atoms with Crippen LogP contribution < -0.4 is 15.4 Å². The third-order valence-corrected chi connectivity index (χ3v) is 6.05. The average Bonchev–Trinajstić information content (AvgIpc) is 2.60. The van der Waals surface area contributed by atoms with Gasteiger partial charge in [-0.3, -0.25) is 15.0 Å². The summed E-state index contributed by atoms with van der Waals surface area (Å²) in [6.07, 6.45) is 0. The van der Waals surface area contributed by atoms with Crippen LogP contribution in [-0.4, -0.2) is 74.9 Å². The van der Waals surface area contributed by atoms with Crippen molar-refractivity contribution in [3.63, 3.8) is 0 Å². The number of hydrogen-bond acceptors (Lipinski definition) is 6. The monoisotopic (exact) mass is 412 g/mol. The molecule has 1 aliphatic rings. The third kappa shape index (κ3) is 6.18. The zero-order chi connectivity index (χ0) is 20.9. The maximum Gasteiger partial charge on any atom is 0.321 e. The maximum absolute atomic E-state index is 12.7. The Labute approximate surface area is 166 Å². The van der Waals surface area contributed by atoms with Crippen molar-refractivity contribution in [1.82, 2.24) is 19.8 Å². The molecular weight excluding hydrogens is 384 g/mol. The highest BCUT2D eigenvalue weighted by Crippen LogP contribution is 2.20. The highest BCUT2D eigenvalue weighted by molar-refractivity contribution is 7.89. The summed E-state index contributed by atoms with van der Waals surface area (Å²) >= 11 is 0. The second-order valence-corrected chi connectivity index (χ2v) is 9.55. The minimum absolute atomic E-state index is 0.0357. The molecule has 10 heteroatoms. The molecule has 3 amide bonds. The van der Waals surface area contributed by atoms with Crippen molar-refractivity contribution < 1.29 is 22.7 Å². The molecule has 1 aliphatic heterocycles. The standard InChI is InChI=1S/C18H28N4O5S/c1-18(2,3)20-17(24)19-16(23)13-21-9-11-22(12-10-21)28(25,26)15-7-5-14(27-4)6-8-15/h5-8H,9-13H2,1-4H3,(H2,19,20,23,24). The summed E-state index contributed by atoms with van der Waals surface area (Å²) in [4.78, 5) is 25.8. The Morgan fingerprint density at radius 3 is 2.14 bits per heavy atom. The van der Waals surface area contributed by atoms with Crippen LogP contribution in [0.1, 0.15) is 20.8 Å². The van der Waals surface area contributed by atoms with Crippen LogP contribution in [0.3, 0.4) is 0 Å². The number of urea groups is 1. The number of ether oxygens (including phenoxy) is 1. The van der Waals surface area contributed by atoms with Crippen LogP contribution in [0.25, 0.3) is 0 Å². The number of carbonyl (C=O) groups excluding carboxylic acids is 2. The van der Waals surface area contributed by atoms with Gasteiger partial charge in [-0.25, -0.2) is 13.2 Å². The van der Waals surface area contributed by atoms with Crippen molar-refractivity contribution in [2.75, 3.05) is 39.8 Å². The average molecular weight is 413 g/mol. The minimum atomic E-state index is -3.59. The van der Waals surface area contributed by atoms with Crippen LogP contribution in [-0.2, 0) is 14.8 Å². The lowest BCUT2D eigenvalue weighted by Gasteiger charge is -2.33. The van der Waals surface area contributed by atoms with Gasteiger partial charge < -0.3 is 10.1 Å². The van der Waals surface area contributed by atoms with Gasteiger partial charge in [-0.2, -0.15) is 4.31 Å². The van der Waals surface area contributed by atoms with E-state index in [4.69, 9.17) is 4.74 Å². The van der Waals surface area contributed by atoms with Crippen molar-refractivity contribution in [2.45, 2.75) is 31.2 Å². The van der Waals surface area contributed by atoms with E-state index in [2.05, 4.69) is 10.6 Å². The molecule has 0 aliphatic carbocycles. The van der Waals surface area contributed by atoms with E-state index in [1.54, 1.807) is 12.1 Å². The molecule has 28 heavy (non-hydrogen) atoms. The molecule has 0 spiro atoms. The Kier molecular flexibility index (Phi) is 7.02. The Bertz CT molecular complexity index is 794. The van der Waals surface area contributed by atoms with E-state index < -0.39 is 27.5 Å². The molecule has 9 nitrogen and oxygen atoms in total. The first-order valence-electron chi connectivity index (χ1n) is 9.00. The van der Waals surface area contributed by atoms with Crippen molar-refractivity contribution in [2.24, 2.45) is 0 Å². The van der Waals surface area contributed by atoms with Gasteiger partial charge in [0.2, 0.25) is 15.9 Å². The molecule has 1 saturated heterocycles. The molecule has 0 atom stereocenters. The molecule has 0 aromatic heterocycles. The first kappa shape index (κ1) is 22.1. The number of nitrogens with zero attached hydrogens (tertiary/aromatic N) is 2. The molecular formula is C18H28N4O5S. The van der Waals surface area contributed by atoms with Gasteiger partial charge >= 0.3 is 6.03 Å². The van der Waals surface area contributed by atoms with E-state index in [1.165, 1.54) is 23.5 Å². The Balaban J connectivity index is 1.86. The van der Waals surface area contributed by atoms with Gasteiger partial charge in [0.1, 0.15) is 5.75 Å². The lowest BCUT2D eigenvalue weighted by atomic mass is 10.1. The molecule has 0 saturated carbocycles. The van der Waals surface area contributed by atoms with Crippen LogP contribution in [0.15, 0.2) is 29.2 Å². The number of hydrogen-bond donors (Lipinski definition) is 2. The number of amides is 3. The van der Waals surface area contributed by atoms with Crippen molar-refractivity contribution >= 4 is 22.0 Å². The molecule has 1 fully saturated rings. The van der Waals surface area contributed by atoms with Crippen molar-refractivity contribution in [3.8, 4) is 5.75 Å². The number of sulfonamides is 1. The van der Waals surface area contributed by atoms with E-state index in [1.807, 2.05) is 25.7 Å². The molecule has 2 N–H and O–H groups in total. The highest BCUT2D eigenvalue weighted by atomic mass is 32.2. The largest absolute Gasteiger partial charge is 0.497 e. The van der Waals surface area contributed by atoms with Crippen LogP contribution in [0.4, 0.5) is 4.79 Å². The number of benzene rings is 1. The lowest BCUT2D eigenvalue weighted by molar-refractivity contribution is -0.121. The van der Waals surface area contributed by atoms with Crippen LogP contribution in [0, 0.1) is 0 Å². The number of imide groups is 1. The Morgan fingerprint density at radius 1 is 1.07 bits per heavy atom. The molecule has 1 aromatic rings. The van der Waals surface area contributed by atoms with E-state index in [0.29, 0.717) is 18.8 Å². The Morgan fingerprint density at radius 2 is 1.64 bits per heavy atom. The van der Waals surface area contributed by atoms with Crippen LogP contribution in [0.2, 0.25) is 0 Å². The quantitative estimate of drug-likeness (QED) is 0.734. The van der Waals surface area contributed by atoms with Crippen LogP contribution in [0.5, 0.6) is 5.75 Å². The smallest absolute Gasteiger partial charge is 0.321 e. The summed E-state index contributed by atoms with van der Waals surface area (Å²) in [6, 6.07) is 5.70. The fourth-order valence-electron chi connectivity index (χ4n) is 2.77.